The van der Waals surface area contributed by atoms with Crippen molar-refractivity contribution >= 4 is 13.7 Å². The Kier molecular flexibility index (Phi) is 4.81. The summed E-state index contributed by atoms with van der Waals surface area (Å²) >= 11 is 0. The second kappa shape index (κ2) is 6.19. The largest absolute Gasteiger partial charge is 0.474 e. The fourth-order valence-electron chi connectivity index (χ4n) is 2.49. The highest BCUT2D eigenvalue weighted by molar-refractivity contribution is 7.46. The van der Waals surface area contributed by atoms with E-state index in [1.807, 2.05) is 0 Å². The zero-order valence-electron chi connectivity index (χ0n) is 10.8. The molecule has 0 aromatic heterocycles. The van der Waals surface area contributed by atoms with Gasteiger partial charge in [0.05, 0.1) is 0 Å². The second-order valence-corrected chi connectivity index (χ2v) is 6.01. The highest BCUT2D eigenvalue weighted by Gasteiger charge is 2.35. The molecule has 3 aliphatic heterocycles. The molecule has 1 atom stereocenters. The molecule has 3 fully saturated rings. The van der Waals surface area contributed by atoms with E-state index >= 15 is 0 Å². The predicted octanol–water partition coefficient (Wildman–Crippen LogP) is 0.514. The molecule has 0 spiro atoms. The van der Waals surface area contributed by atoms with E-state index < -0.39 is 14.6 Å². The SMILES string of the molecule is CC(=NOCOP(=O)(O)O)OC1CN2CCC1CC2. The Morgan fingerprint density at radius 3 is 2.63 bits per heavy atom. The summed E-state index contributed by atoms with van der Waals surface area (Å²) < 4.78 is 20.2. The number of fused-ring (bicyclic) bond motifs is 3. The first kappa shape index (κ1) is 14.7. The van der Waals surface area contributed by atoms with E-state index in [-0.39, 0.29) is 6.10 Å². The fraction of sp³-hybridized carbons (Fsp3) is 0.900. The Morgan fingerprint density at radius 1 is 1.42 bits per heavy atom. The van der Waals surface area contributed by atoms with E-state index in [0.717, 1.165) is 32.5 Å². The Bertz CT molecular complexity index is 376. The Balaban J connectivity index is 1.71. The van der Waals surface area contributed by atoms with Crippen molar-refractivity contribution in [2.45, 2.75) is 25.9 Å². The van der Waals surface area contributed by atoms with Gasteiger partial charge in [-0.05, 0) is 31.8 Å². The molecule has 0 radical (unpaired) electrons. The average molecular weight is 294 g/mol. The van der Waals surface area contributed by atoms with Crippen LogP contribution in [0.4, 0.5) is 0 Å². The highest BCUT2D eigenvalue weighted by atomic mass is 31.2. The monoisotopic (exact) mass is 294 g/mol. The number of phosphoric ester groups is 1. The van der Waals surface area contributed by atoms with Gasteiger partial charge in [-0.15, -0.1) is 0 Å². The summed E-state index contributed by atoms with van der Waals surface area (Å²) in [5.41, 5.74) is 0. The van der Waals surface area contributed by atoms with Crippen LogP contribution >= 0.6 is 7.82 Å². The van der Waals surface area contributed by atoms with E-state index in [1.54, 1.807) is 6.92 Å². The Morgan fingerprint density at radius 2 is 2.11 bits per heavy atom. The van der Waals surface area contributed by atoms with Crippen LogP contribution in [0.1, 0.15) is 19.8 Å². The number of rotatable bonds is 5. The molecule has 1 unspecified atom stereocenters. The topological polar surface area (TPSA) is 101 Å². The highest BCUT2D eigenvalue weighted by Crippen LogP contribution is 2.35. The molecule has 3 heterocycles. The lowest BCUT2D eigenvalue weighted by Crippen LogP contribution is -2.51. The number of ether oxygens (including phenoxy) is 1. The second-order valence-electron chi connectivity index (χ2n) is 4.77. The first-order valence-corrected chi connectivity index (χ1v) is 7.73. The van der Waals surface area contributed by atoms with Crippen LogP contribution in [0.25, 0.3) is 0 Å². The molecule has 0 saturated carbocycles. The fourth-order valence-corrected chi connectivity index (χ4v) is 2.68. The number of piperidine rings is 3. The van der Waals surface area contributed by atoms with Gasteiger partial charge in [0.15, 0.2) is 0 Å². The molecule has 8 nitrogen and oxygen atoms in total. The minimum Gasteiger partial charge on any atom is -0.474 e. The van der Waals surface area contributed by atoms with Crippen molar-refractivity contribution < 1.29 is 28.5 Å². The van der Waals surface area contributed by atoms with Crippen LogP contribution in [0, 0.1) is 5.92 Å². The van der Waals surface area contributed by atoms with Crippen LogP contribution in [0.5, 0.6) is 0 Å². The van der Waals surface area contributed by atoms with Gasteiger partial charge >= 0.3 is 7.82 Å². The van der Waals surface area contributed by atoms with Gasteiger partial charge in [0.2, 0.25) is 12.7 Å². The van der Waals surface area contributed by atoms with Crippen molar-refractivity contribution in [3.8, 4) is 0 Å². The summed E-state index contributed by atoms with van der Waals surface area (Å²) in [5, 5.41) is 3.61. The van der Waals surface area contributed by atoms with E-state index in [1.165, 1.54) is 0 Å². The molecule has 110 valence electrons. The number of phosphoric acid groups is 1. The maximum absolute atomic E-state index is 10.4. The number of hydrogen-bond acceptors (Lipinski definition) is 6. The summed E-state index contributed by atoms with van der Waals surface area (Å²) in [6, 6.07) is 0. The molecule has 9 heteroatoms. The molecular formula is C10H19N2O6P. The van der Waals surface area contributed by atoms with E-state index in [0.29, 0.717) is 11.8 Å². The molecule has 0 aliphatic carbocycles. The molecule has 0 aromatic rings. The van der Waals surface area contributed by atoms with E-state index in [2.05, 4.69) is 19.4 Å². The predicted molar refractivity (Wildman–Crippen MR) is 66.2 cm³/mol. The lowest BCUT2D eigenvalue weighted by atomic mass is 9.86. The molecule has 0 aromatic carbocycles. The van der Waals surface area contributed by atoms with Gasteiger partial charge in [0, 0.05) is 13.5 Å². The quantitative estimate of drug-likeness (QED) is 0.190. The van der Waals surface area contributed by atoms with Crippen LogP contribution in [0.3, 0.4) is 0 Å². The molecule has 3 aliphatic rings. The lowest BCUT2D eigenvalue weighted by Gasteiger charge is -2.44. The standard InChI is InChI=1S/C10H19N2O6P/c1-8(11-16-7-17-19(13,14)15)18-10-6-12-4-2-9(10)3-5-12/h9-10H,2-7H2,1H3,(H2,13,14,15). The van der Waals surface area contributed by atoms with Crippen molar-refractivity contribution in [3.05, 3.63) is 0 Å². The van der Waals surface area contributed by atoms with Crippen LogP contribution in [0.2, 0.25) is 0 Å². The molecular weight excluding hydrogens is 275 g/mol. The molecule has 19 heavy (non-hydrogen) atoms. The third-order valence-electron chi connectivity index (χ3n) is 3.38. The average Bonchev–Trinajstić information content (AvgIpc) is 2.35. The minimum absolute atomic E-state index is 0.123. The molecule has 3 rings (SSSR count). The molecule has 2 N–H and O–H groups in total. The molecule has 3 saturated heterocycles. The van der Waals surface area contributed by atoms with Crippen molar-refractivity contribution in [3.63, 3.8) is 0 Å². The van der Waals surface area contributed by atoms with Crippen molar-refractivity contribution in [2.24, 2.45) is 11.1 Å². The van der Waals surface area contributed by atoms with Gasteiger partial charge in [-0.3, -0.25) is 4.90 Å². The van der Waals surface area contributed by atoms with E-state index in [4.69, 9.17) is 14.5 Å². The summed E-state index contributed by atoms with van der Waals surface area (Å²) in [6.07, 6.45) is 2.40. The summed E-state index contributed by atoms with van der Waals surface area (Å²) in [5.74, 6) is 0.898. The van der Waals surface area contributed by atoms with Crippen molar-refractivity contribution in [2.75, 3.05) is 26.4 Å². The van der Waals surface area contributed by atoms with Crippen LogP contribution in [-0.2, 0) is 18.7 Å². The lowest BCUT2D eigenvalue weighted by molar-refractivity contribution is -0.0285. The minimum atomic E-state index is -4.51. The number of nitrogens with zero attached hydrogens (tertiary/aromatic N) is 2. The van der Waals surface area contributed by atoms with Crippen molar-refractivity contribution in [1.29, 1.82) is 0 Å². The number of hydrogen-bond donors (Lipinski definition) is 2. The van der Waals surface area contributed by atoms with Gasteiger partial charge in [-0.2, -0.15) is 0 Å². The van der Waals surface area contributed by atoms with Gasteiger partial charge in [0.1, 0.15) is 6.10 Å². The molecule has 2 bridgehead atoms. The van der Waals surface area contributed by atoms with Crippen LogP contribution < -0.4 is 0 Å². The van der Waals surface area contributed by atoms with Gasteiger partial charge in [-0.25, -0.2) is 9.09 Å². The number of oxime groups is 1. The van der Waals surface area contributed by atoms with Gasteiger partial charge < -0.3 is 19.4 Å². The van der Waals surface area contributed by atoms with Crippen LogP contribution in [0.15, 0.2) is 5.16 Å². The normalized spacial score (nSPS) is 31.3. The smallest absolute Gasteiger partial charge is 0.472 e. The summed E-state index contributed by atoms with van der Waals surface area (Å²) in [4.78, 5) is 23.9. The van der Waals surface area contributed by atoms with Gasteiger partial charge in [0.25, 0.3) is 0 Å². The van der Waals surface area contributed by atoms with Crippen LogP contribution in [-0.4, -0.2) is 53.1 Å². The zero-order chi connectivity index (χ0) is 13.9. The van der Waals surface area contributed by atoms with Crippen molar-refractivity contribution in [1.82, 2.24) is 4.90 Å². The Labute approximate surface area is 111 Å². The maximum Gasteiger partial charge on any atom is 0.472 e. The third kappa shape index (κ3) is 4.74. The summed E-state index contributed by atoms with van der Waals surface area (Å²) in [7, 11) is -4.51. The maximum atomic E-state index is 10.4. The Hall–Kier alpha value is -0.660. The zero-order valence-corrected chi connectivity index (χ0v) is 11.7. The van der Waals surface area contributed by atoms with Gasteiger partial charge in [-0.1, -0.05) is 5.16 Å². The first-order valence-electron chi connectivity index (χ1n) is 6.20. The summed E-state index contributed by atoms with van der Waals surface area (Å²) in [6.45, 7) is 4.21. The van der Waals surface area contributed by atoms with E-state index in [9.17, 15) is 4.57 Å². The first-order chi connectivity index (χ1) is 8.94. The molecule has 0 amide bonds. The third-order valence-corrected chi connectivity index (χ3v) is 3.83.